The average molecular weight is 393 g/mol. The summed E-state index contributed by atoms with van der Waals surface area (Å²) in [4.78, 5) is 25.0. The summed E-state index contributed by atoms with van der Waals surface area (Å²) in [5.41, 5.74) is 0.608. The summed E-state index contributed by atoms with van der Waals surface area (Å²) in [6, 6.07) is 14.3. The summed E-state index contributed by atoms with van der Waals surface area (Å²) in [6.07, 6.45) is 1.71. The highest BCUT2D eigenvalue weighted by Crippen LogP contribution is 2.22. The highest BCUT2D eigenvalue weighted by molar-refractivity contribution is 5.90. The number of para-hydroxylation sites is 2. The number of anilines is 4. The highest BCUT2D eigenvalue weighted by atomic mass is 16.5. The van der Waals surface area contributed by atoms with E-state index in [-0.39, 0.29) is 6.03 Å². The first kappa shape index (κ1) is 19.9. The van der Waals surface area contributed by atoms with E-state index in [1.807, 2.05) is 37.3 Å². The molecule has 0 aliphatic carbocycles. The number of aromatic nitrogens is 3. The third-order valence-electron chi connectivity index (χ3n) is 3.83. The van der Waals surface area contributed by atoms with Crippen molar-refractivity contribution in [2.45, 2.75) is 6.92 Å². The molecule has 150 valence electrons. The van der Waals surface area contributed by atoms with Crippen molar-refractivity contribution in [2.75, 3.05) is 36.1 Å². The van der Waals surface area contributed by atoms with Gasteiger partial charge in [-0.05, 0) is 31.2 Å². The number of rotatable bonds is 8. The van der Waals surface area contributed by atoms with Gasteiger partial charge in [-0.2, -0.15) is 0 Å². The van der Waals surface area contributed by atoms with Gasteiger partial charge in [0, 0.05) is 25.4 Å². The number of urea groups is 1. The lowest BCUT2D eigenvalue weighted by Crippen LogP contribution is -2.32. The molecule has 0 saturated heterocycles. The van der Waals surface area contributed by atoms with Crippen LogP contribution in [0.25, 0.3) is 0 Å². The van der Waals surface area contributed by atoms with Crippen LogP contribution in [0.15, 0.2) is 54.7 Å². The zero-order chi connectivity index (χ0) is 20.5. The van der Waals surface area contributed by atoms with Gasteiger partial charge in [-0.25, -0.2) is 19.7 Å². The minimum atomic E-state index is -0.312. The van der Waals surface area contributed by atoms with Crippen LogP contribution in [0.1, 0.15) is 5.82 Å². The molecule has 0 saturated carbocycles. The molecule has 4 N–H and O–H groups in total. The van der Waals surface area contributed by atoms with Crippen LogP contribution in [0.2, 0.25) is 0 Å². The number of aryl methyl sites for hydroxylation is 1. The van der Waals surface area contributed by atoms with E-state index in [9.17, 15) is 4.79 Å². The minimum absolute atomic E-state index is 0.312. The predicted octanol–water partition coefficient (Wildman–Crippen LogP) is 3.17. The Kier molecular flexibility index (Phi) is 6.77. The van der Waals surface area contributed by atoms with Gasteiger partial charge in [0.15, 0.2) is 0 Å². The van der Waals surface area contributed by atoms with E-state index < -0.39 is 0 Å². The number of hydrogen-bond donors (Lipinski definition) is 4. The van der Waals surface area contributed by atoms with Gasteiger partial charge in [-0.3, -0.25) is 0 Å². The second kappa shape index (κ2) is 9.88. The molecular formula is C20H23N7O2. The maximum absolute atomic E-state index is 12.1. The van der Waals surface area contributed by atoms with E-state index in [1.54, 1.807) is 31.5 Å². The zero-order valence-electron chi connectivity index (χ0n) is 16.3. The van der Waals surface area contributed by atoms with Crippen LogP contribution in [0.3, 0.4) is 0 Å². The standard InChI is InChI=1S/C20H23N7O2/c1-14-24-18(13-19(25-14)27-17-9-5-6-10-21-17)22-11-12-23-20(28)26-15-7-3-4-8-16(15)29-2/h3-10,13H,11-12H2,1-2H3,(H2,23,26,28)(H2,21,22,24,25,27). The lowest BCUT2D eigenvalue weighted by Gasteiger charge is -2.12. The quantitative estimate of drug-likeness (QED) is 0.435. The summed E-state index contributed by atoms with van der Waals surface area (Å²) in [7, 11) is 1.56. The molecule has 0 aliphatic rings. The number of nitrogens with one attached hydrogen (secondary N) is 4. The average Bonchev–Trinajstić information content (AvgIpc) is 2.72. The van der Waals surface area contributed by atoms with Gasteiger partial charge in [-0.1, -0.05) is 18.2 Å². The largest absolute Gasteiger partial charge is 0.495 e. The van der Waals surface area contributed by atoms with E-state index in [0.29, 0.717) is 47.8 Å². The molecular weight excluding hydrogens is 370 g/mol. The lowest BCUT2D eigenvalue weighted by atomic mass is 10.3. The lowest BCUT2D eigenvalue weighted by molar-refractivity contribution is 0.252. The van der Waals surface area contributed by atoms with Crippen LogP contribution in [0.5, 0.6) is 5.75 Å². The Labute approximate surface area is 169 Å². The van der Waals surface area contributed by atoms with Crippen molar-refractivity contribution in [3.05, 3.63) is 60.6 Å². The number of ether oxygens (including phenoxy) is 1. The van der Waals surface area contributed by atoms with Crippen LogP contribution >= 0.6 is 0 Å². The predicted molar refractivity (Wildman–Crippen MR) is 113 cm³/mol. The molecule has 9 heteroatoms. The molecule has 0 spiro atoms. The van der Waals surface area contributed by atoms with Crippen LogP contribution in [0.4, 0.5) is 27.9 Å². The molecule has 3 rings (SSSR count). The van der Waals surface area contributed by atoms with E-state index >= 15 is 0 Å². The van der Waals surface area contributed by atoms with Gasteiger partial charge in [0.1, 0.15) is 29.0 Å². The molecule has 0 bridgehead atoms. The Hall–Kier alpha value is -3.88. The van der Waals surface area contributed by atoms with Gasteiger partial charge >= 0.3 is 6.03 Å². The summed E-state index contributed by atoms with van der Waals surface area (Å²) in [5, 5.41) is 11.9. The maximum Gasteiger partial charge on any atom is 0.319 e. The van der Waals surface area contributed by atoms with E-state index in [4.69, 9.17) is 4.74 Å². The third-order valence-corrected chi connectivity index (χ3v) is 3.83. The molecule has 0 aliphatic heterocycles. The molecule has 29 heavy (non-hydrogen) atoms. The topological polar surface area (TPSA) is 113 Å². The van der Waals surface area contributed by atoms with E-state index in [1.165, 1.54) is 0 Å². The summed E-state index contributed by atoms with van der Waals surface area (Å²) in [6.45, 7) is 2.72. The fourth-order valence-corrected chi connectivity index (χ4v) is 2.57. The van der Waals surface area contributed by atoms with Gasteiger partial charge < -0.3 is 26.0 Å². The van der Waals surface area contributed by atoms with Gasteiger partial charge in [-0.15, -0.1) is 0 Å². The molecule has 0 radical (unpaired) electrons. The number of nitrogens with zero attached hydrogens (tertiary/aromatic N) is 3. The molecule has 1 aromatic carbocycles. The molecule has 0 unspecified atom stereocenters. The summed E-state index contributed by atoms with van der Waals surface area (Å²) < 4.78 is 5.22. The normalized spacial score (nSPS) is 10.1. The number of benzene rings is 1. The summed E-state index contributed by atoms with van der Waals surface area (Å²) in [5.74, 6) is 3.22. The number of amides is 2. The number of methoxy groups -OCH3 is 1. The Morgan fingerprint density at radius 2 is 1.79 bits per heavy atom. The van der Waals surface area contributed by atoms with Crippen LogP contribution < -0.4 is 26.0 Å². The number of pyridine rings is 1. The van der Waals surface area contributed by atoms with Crippen molar-refractivity contribution in [2.24, 2.45) is 0 Å². The summed E-state index contributed by atoms with van der Waals surface area (Å²) >= 11 is 0. The SMILES string of the molecule is COc1ccccc1NC(=O)NCCNc1cc(Nc2ccccn2)nc(C)n1. The maximum atomic E-state index is 12.1. The first-order valence-electron chi connectivity index (χ1n) is 9.09. The first-order valence-corrected chi connectivity index (χ1v) is 9.09. The molecule has 0 fully saturated rings. The smallest absolute Gasteiger partial charge is 0.319 e. The highest BCUT2D eigenvalue weighted by Gasteiger charge is 2.06. The third kappa shape index (κ3) is 6.06. The number of carbonyl (C=O) groups excluding carboxylic acids is 1. The monoisotopic (exact) mass is 393 g/mol. The number of hydrogen-bond acceptors (Lipinski definition) is 7. The second-order valence-corrected chi connectivity index (χ2v) is 6.03. The first-order chi connectivity index (χ1) is 14.1. The van der Waals surface area contributed by atoms with Crippen molar-refractivity contribution in [3.63, 3.8) is 0 Å². The molecule has 3 aromatic rings. The van der Waals surface area contributed by atoms with Crippen molar-refractivity contribution in [1.29, 1.82) is 0 Å². The Balaban J connectivity index is 1.48. The van der Waals surface area contributed by atoms with Crippen LogP contribution in [-0.4, -0.2) is 41.2 Å². The fourth-order valence-electron chi connectivity index (χ4n) is 2.57. The van der Waals surface area contributed by atoms with Gasteiger partial charge in [0.2, 0.25) is 0 Å². The van der Waals surface area contributed by atoms with Crippen molar-refractivity contribution < 1.29 is 9.53 Å². The Morgan fingerprint density at radius 3 is 2.59 bits per heavy atom. The van der Waals surface area contributed by atoms with Gasteiger partial charge in [0.05, 0.1) is 12.8 Å². The Bertz CT molecular complexity index is 951. The number of carbonyl (C=O) groups is 1. The van der Waals surface area contributed by atoms with E-state index in [2.05, 4.69) is 36.2 Å². The second-order valence-electron chi connectivity index (χ2n) is 6.03. The molecule has 2 aromatic heterocycles. The van der Waals surface area contributed by atoms with Crippen LogP contribution in [-0.2, 0) is 0 Å². The fraction of sp³-hybridized carbons (Fsp3) is 0.200. The van der Waals surface area contributed by atoms with Crippen molar-refractivity contribution >= 4 is 29.2 Å². The minimum Gasteiger partial charge on any atom is -0.495 e. The Morgan fingerprint density at radius 1 is 1.00 bits per heavy atom. The zero-order valence-corrected chi connectivity index (χ0v) is 16.3. The van der Waals surface area contributed by atoms with Crippen molar-refractivity contribution in [3.8, 4) is 5.75 Å². The van der Waals surface area contributed by atoms with Gasteiger partial charge in [0.25, 0.3) is 0 Å². The van der Waals surface area contributed by atoms with Crippen LogP contribution in [0, 0.1) is 6.92 Å². The van der Waals surface area contributed by atoms with Crippen molar-refractivity contribution in [1.82, 2.24) is 20.3 Å². The molecule has 9 nitrogen and oxygen atoms in total. The molecule has 2 amide bonds. The molecule has 0 atom stereocenters. The van der Waals surface area contributed by atoms with E-state index in [0.717, 1.165) is 0 Å². The molecule has 2 heterocycles.